The predicted octanol–water partition coefficient (Wildman–Crippen LogP) is 0.723. The molecule has 0 saturated heterocycles. The first-order chi connectivity index (χ1) is 7.65. The molecule has 5 heteroatoms. The minimum Gasteiger partial charge on any atom is -0.396 e. The van der Waals surface area contributed by atoms with Crippen molar-refractivity contribution in [1.82, 2.24) is 10.3 Å². The summed E-state index contributed by atoms with van der Waals surface area (Å²) in [5.41, 5.74) is 0.207. The monoisotopic (exact) mass is 224 g/mol. The first kappa shape index (κ1) is 11.0. The molecule has 1 saturated carbocycles. The molecule has 0 radical (unpaired) electrons. The van der Waals surface area contributed by atoms with Crippen molar-refractivity contribution in [1.29, 1.82) is 0 Å². The number of aromatic nitrogens is 1. The Balaban J connectivity index is 1.91. The largest absolute Gasteiger partial charge is 0.396 e. The average molecular weight is 224 g/mol. The van der Waals surface area contributed by atoms with Gasteiger partial charge in [0.15, 0.2) is 0 Å². The van der Waals surface area contributed by atoms with E-state index in [9.17, 15) is 9.18 Å². The van der Waals surface area contributed by atoms with Crippen LogP contribution in [0.5, 0.6) is 0 Å². The fourth-order valence-corrected chi connectivity index (χ4v) is 1.45. The molecule has 0 unspecified atom stereocenters. The van der Waals surface area contributed by atoms with Crippen LogP contribution in [0.15, 0.2) is 18.3 Å². The van der Waals surface area contributed by atoms with Gasteiger partial charge < -0.3 is 10.4 Å². The molecule has 4 nitrogen and oxygen atoms in total. The quantitative estimate of drug-likeness (QED) is 0.741. The number of carbonyl (C=O) groups is 1. The molecule has 86 valence electrons. The van der Waals surface area contributed by atoms with E-state index < -0.39 is 5.95 Å². The number of hydrogen-bond acceptors (Lipinski definition) is 3. The number of halogens is 1. The standard InChI is InChI=1S/C11H13FN2O2/c12-9-2-1-8(5-13-9)10(16)14-6-11(7-15)3-4-11/h1-2,5,15H,3-4,6-7H2,(H,14,16). The first-order valence-electron chi connectivity index (χ1n) is 5.16. The number of rotatable bonds is 4. The summed E-state index contributed by atoms with van der Waals surface area (Å²) in [6.45, 7) is 0.550. The van der Waals surface area contributed by atoms with E-state index in [1.165, 1.54) is 12.3 Å². The van der Waals surface area contributed by atoms with E-state index in [1.54, 1.807) is 0 Å². The van der Waals surface area contributed by atoms with Gasteiger partial charge in [-0.15, -0.1) is 0 Å². The molecule has 0 bridgehead atoms. The fraction of sp³-hybridized carbons (Fsp3) is 0.455. The van der Waals surface area contributed by atoms with Gasteiger partial charge in [-0.1, -0.05) is 0 Å². The molecular weight excluding hydrogens is 211 g/mol. The van der Waals surface area contributed by atoms with Crippen molar-refractivity contribution in [2.75, 3.05) is 13.2 Å². The molecule has 0 atom stereocenters. The van der Waals surface area contributed by atoms with Crippen LogP contribution < -0.4 is 5.32 Å². The highest BCUT2D eigenvalue weighted by Crippen LogP contribution is 2.44. The number of amides is 1. The highest BCUT2D eigenvalue weighted by molar-refractivity contribution is 5.93. The van der Waals surface area contributed by atoms with Crippen LogP contribution in [0.25, 0.3) is 0 Å². The van der Waals surface area contributed by atoms with Gasteiger partial charge in [0.1, 0.15) is 0 Å². The molecular formula is C11H13FN2O2. The highest BCUT2D eigenvalue weighted by atomic mass is 19.1. The third kappa shape index (κ3) is 2.36. The zero-order valence-electron chi connectivity index (χ0n) is 8.74. The molecule has 1 aliphatic carbocycles. The minimum atomic E-state index is -0.606. The molecule has 1 amide bonds. The topological polar surface area (TPSA) is 62.2 Å². The summed E-state index contributed by atoms with van der Waals surface area (Å²) in [6, 6.07) is 2.53. The maximum absolute atomic E-state index is 12.5. The van der Waals surface area contributed by atoms with Crippen molar-refractivity contribution in [2.24, 2.45) is 5.41 Å². The van der Waals surface area contributed by atoms with Gasteiger partial charge in [0.05, 0.1) is 12.2 Å². The SMILES string of the molecule is O=C(NCC1(CO)CC1)c1ccc(F)nc1. The molecule has 16 heavy (non-hydrogen) atoms. The number of nitrogens with one attached hydrogen (secondary N) is 1. The van der Waals surface area contributed by atoms with Crippen molar-refractivity contribution in [3.8, 4) is 0 Å². The van der Waals surface area contributed by atoms with Crippen molar-refractivity contribution < 1.29 is 14.3 Å². The molecule has 1 aromatic rings. The Bertz CT molecular complexity index is 387. The van der Waals surface area contributed by atoms with E-state index in [4.69, 9.17) is 5.11 Å². The van der Waals surface area contributed by atoms with E-state index in [-0.39, 0.29) is 17.9 Å². The second-order valence-corrected chi connectivity index (χ2v) is 4.21. The Kier molecular flexibility index (Phi) is 2.87. The number of pyridine rings is 1. The normalized spacial score (nSPS) is 16.9. The average Bonchev–Trinajstić information content (AvgIpc) is 3.08. The number of aliphatic hydroxyl groups excluding tert-OH is 1. The Labute approximate surface area is 92.5 Å². The van der Waals surface area contributed by atoms with Gasteiger partial charge in [0, 0.05) is 18.2 Å². The van der Waals surface area contributed by atoms with E-state index in [1.807, 2.05) is 0 Å². The Morgan fingerprint density at radius 2 is 2.31 bits per heavy atom. The molecule has 0 aliphatic heterocycles. The predicted molar refractivity (Wildman–Crippen MR) is 55.3 cm³/mol. The third-order valence-electron chi connectivity index (χ3n) is 2.91. The van der Waals surface area contributed by atoms with Crippen LogP contribution in [-0.2, 0) is 0 Å². The van der Waals surface area contributed by atoms with Gasteiger partial charge >= 0.3 is 0 Å². The molecule has 2 rings (SSSR count). The van der Waals surface area contributed by atoms with Crippen molar-refractivity contribution in [3.05, 3.63) is 29.8 Å². The second-order valence-electron chi connectivity index (χ2n) is 4.21. The van der Waals surface area contributed by atoms with Crippen LogP contribution in [0.2, 0.25) is 0 Å². The summed E-state index contributed by atoms with van der Waals surface area (Å²) in [5, 5.41) is 11.8. The number of nitrogens with zero attached hydrogens (tertiary/aromatic N) is 1. The number of aliphatic hydroxyl groups is 1. The van der Waals surface area contributed by atoms with Crippen LogP contribution in [0.4, 0.5) is 4.39 Å². The number of hydrogen-bond donors (Lipinski definition) is 2. The first-order valence-corrected chi connectivity index (χ1v) is 5.16. The van der Waals surface area contributed by atoms with E-state index in [0.29, 0.717) is 12.1 Å². The molecule has 0 spiro atoms. The van der Waals surface area contributed by atoms with Gasteiger partial charge in [0.25, 0.3) is 5.91 Å². The van der Waals surface area contributed by atoms with Crippen LogP contribution in [-0.4, -0.2) is 29.1 Å². The maximum atomic E-state index is 12.5. The lowest BCUT2D eigenvalue weighted by atomic mass is 10.1. The van der Waals surface area contributed by atoms with Crippen LogP contribution in [0, 0.1) is 11.4 Å². The summed E-state index contributed by atoms with van der Waals surface area (Å²) in [7, 11) is 0. The van der Waals surface area contributed by atoms with Gasteiger partial charge in [-0.3, -0.25) is 4.79 Å². The van der Waals surface area contributed by atoms with Crippen molar-refractivity contribution in [2.45, 2.75) is 12.8 Å². The minimum absolute atomic E-state index is 0.0922. The van der Waals surface area contributed by atoms with E-state index in [0.717, 1.165) is 18.9 Å². The van der Waals surface area contributed by atoms with E-state index >= 15 is 0 Å². The molecule has 1 heterocycles. The Morgan fingerprint density at radius 1 is 1.56 bits per heavy atom. The zero-order chi connectivity index (χ0) is 11.6. The van der Waals surface area contributed by atoms with Gasteiger partial charge in [-0.2, -0.15) is 4.39 Å². The fourth-order valence-electron chi connectivity index (χ4n) is 1.45. The summed E-state index contributed by atoms with van der Waals surface area (Å²) in [4.78, 5) is 15.0. The zero-order valence-corrected chi connectivity index (χ0v) is 8.74. The summed E-state index contributed by atoms with van der Waals surface area (Å²) in [6.07, 6.45) is 3.07. The lowest BCUT2D eigenvalue weighted by Gasteiger charge is -2.12. The van der Waals surface area contributed by atoms with Crippen LogP contribution >= 0.6 is 0 Å². The molecule has 1 fully saturated rings. The summed E-state index contributed by atoms with van der Waals surface area (Å²) >= 11 is 0. The molecule has 0 aromatic carbocycles. The second kappa shape index (κ2) is 4.17. The summed E-state index contributed by atoms with van der Waals surface area (Å²) < 4.78 is 12.5. The Morgan fingerprint density at radius 3 is 2.81 bits per heavy atom. The van der Waals surface area contributed by atoms with Crippen LogP contribution in [0.3, 0.4) is 0 Å². The third-order valence-corrected chi connectivity index (χ3v) is 2.91. The van der Waals surface area contributed by atoms with Crippen molar-refractivity contribution >= 4 is 5.91 Å². The molecule has 1 aliphatic rings. The molecule has 1 aromatic heterocycles. The van der Waals surface area contributed by atoms with Crippen molar-refractivity contribution in [3.63, 3.8) is 0 Å². The lowest BCUT2D eigenvalue weighted by Crippen LogP contribution is -2.31. The van der Waals surface area contributed by atoms with Gasteiger partial charge in [-0.25, -0.2) is 4.98 Å². The molecule has 2 N–H and O–H groups in total. The highest BCUT2D eigenvalue weighted by Gasteiger charge is 2.42. The smallest absolute Gasteiger partial charge is 0.252 e. The maximum Gasteiger partial charge on any atom is 0.252 e. The van der Waals surface area contributed by atoms with Crippen LogP contribution in [0.1, 0.15) is 23.2 Å². The summed E-state index contributed by atoms with van der Waals surface area (Å²) in [5.74, 6) is -0.891. The van der Waals surface area contributed by atoms with Gasteiger partial charge in [0.2, 0.25) is 5.95 Å². The van der Waals surface area contributed by atoms with Gasteiger partial charge in [-0.05, 0) is 25.0 Å². The number of carbonyl (C=O) groups excluding carboxylic acids is 1. The van der Waals surface area contributed by atoms with E-state index in [2.05, 4.69) is 10.3 Å². The lowest BCUT2D eigenvalue weighted by molar-refractivity contribution is 0.0935. The Hall–Kier alpha value is -1.49.